The monoisotopic (exact) mass is 336 g/mol. The molecule has 0 radical (unpaired) electrons. The van der Waals surface area contributed by atoms with Crippen LogP contribution in [0.4, 0.5) is 0 Å². The largest absolute Gasteiger partial charge is 0.499 e. The maximum absolute atomic E-state index is 5.54. The lowest BCUT2D eigenvalue weighted by molar-refractivity contribution is 0.0183. The van der Waals surface area contributed by atoms with E-state index >= 15 is 0 Å². The van der Waals surface area contributed by atoms with Crippen LogP contribution in [0, 0.1) is 0 Å². The molecule has 0 saturated carbocycles. The van der Waals surface area contributed by atoms with Crippen molar-refractivity contribution in [1.82, 2.24) is 9.80 Å². The lowest BCUT2D eigenvalue weighted by Crippen LogP contribution is -2.51. The lowest BCUT2D eigenvalue weighted by Gasteiger charge is -2.46. The van der Waals surface area contributed by atoms with Gasteiger partial charge in [-0.1, -0.05) is 32.6 Å². The molecule has 1 saturated heterocycles. The summed E-state index contributed by atoms with van der Waals surface area (Å²) in [4.78, 5) is 4.76. The molecule has 1 unspecified atom stereocenters. The second-order valence-corrected chi connectivity index (χ2v) is 6.65. The first kappa shape index (κ1) is 20.8. The first-order valence-corrected chi connectivity index (χ1v) is 9.03. The summed E-state index contributed by atoms with van der Waals surface area (Å²) in [5.41, 5.74) is 2.36. The van der Waals surface area contributed by atoms with Crippen molar-refractivity contribution in [2.45, 2.75) is 59.0 Å². The summed E-state index contributed by atoms with van der Waals surface area (Å²) in [5, 5.41) is 0. The van der Waals surface area contributed by atoms with E-state index in [0.29, 0.717) is 6.04 Å². The van der Waals surface area contributed by atoms with Gasteiger partial charge in [0.2, 0.25) is 0 Å². The van der Waals surface area contributed by atoms with Crippen LogP contribution < -0.4 is 0 Å². The van der Waals surface area contributed by atoms with E-state index < -0.39 is 0 Å². The summed E-state index contributed by atoms with van der Waals surface area (Å²) in [6.45, 7) is 22.8. The number of ether oxygens (including phenoxy) is 2. The molecule has 0 spiro atoms. The minimum Gasteiger partial charge on any atom is -0.499 e. The third-order valence-electron chi connectivity index (χ3n) is 5.47. The van der Waals surface area contributed by atoms with Crippen molar-refractivity contribution in [3.05, 3.63) is 36.4 Å². The molecule has 1 rings (SSSR count). The lowest BCUT2D eigenvalue weighted by atomic mass is 9.91. The molecule has 4 nitrogen and oxygen atoms in total. The highest BCUT2D eigenvalue weighted by Gasteiger charge is 2.37. The molecule has 0 bridgehead atoms. The van der Waals surface area contributed by atoms with Gasteiger partial charge in [-0.3, -0.25) is 4.90 Å². The molecule has 1 aliphatic rings. The molecule has 24 heavy (non-hydrogen) atoms. The average Bonchev–Trinajstić information content (AvgIpc) is 2.64. The summed E-state index contributed by atoms with van der Waals surface area (Å²) in [7, 11) is 1.69. The van der Waals surface area contributed by atoms with E-state index in [1.54, 1.807) is 7.11 Å². The number of morpholine rings is 1. The van der Waals surface area contributed by atoms with Crippen LogP contribution in [0.2, 0.25) is 0 Å². The normalized spacial score (nSPS) is 20.6. The van der Waals surface area contributed by atoms with Crippen LogP contribution in [0.15, 0.2) is 36.4 Å². The molecule has 1 fully saturated rings. The molecular formula is C20H36N2O2. The Kier molecular flexibility index (Phi) is 8.04. The fraction of sp³-hybridized carbons (Fsp3) is 0.700. The van der Waals surface area contributed by atoms with Crippen molar-refractivity contribution in [2.24, 2.45) is 0 Å². The third-order valence-corrected chi connectivity index (χ3v) is 5.47. The van der Waals surface area contributed by atoms with Gasteiger partial charge in [-0.15, -0.1) is 0 Å². The average molecular weight is 337 g/mol. The molecule has 2 atom stereocenters. The van der Waals surface area contributed by atoms with Crippen LogP contribution in [0.5, 0.6) is 0 Å². The van der Waals surface area contributed by atoms with Gasteiger partial charge in [0.25, 0.3) is 0 Å². The van der Waals surface area contributed by atoms with E-state index in [1.807, 2.05) is 6.20 Å². The topological polar surface area (TPSA) is 24.9 Å². The predicted molar refractivity (Wildman–Crippen MR) is 102 cm³/mol. The first-order valence-electron chi connectivity index (χ1n) is 9.03. The molecule has 0 aromatic carbocycles. The second-order valence-electron chi connectivity index (χ2n) is 6.65. The molecule has 4 heteroatoms. The van der Waals surface area contributed by atoms with E-state index in [9.17, 15) is 0 Å². The van der Waals surface area contributed by atoms with Gasteiger partial charge in [0.1, 0.15) is 5.76 Å². The van der Waals surface area contributed by atoms with E-state index in [1.165, 1.54) is 11.3 Å². The highest BCUT2D eigenvalue weighted by atomic mass is 16.5. The van der Waals surface area contributed by atoms with Gasteiger partial charge in [0.15, 0.2) is 0 Å². The zero-order valence-corrected chi connectivity index (χ0v) is 16.5. The third kappa shape index (κ3) is 4.22. The van der Waals surface area contributed by atoms with Crippen LogP contribution in [-0.2, 0) is 9.47 Å². The Morgan fingerprint density at radius 3 is 2.38 bits per heavy atom. The first-order chi connectivity index (χ1) is 11.4. The Hall–Kier alpha value is -1.26. The van der Waals surface area contributed by atoms with Crippen molar-refractivity contribution in [1.29, 1.82) is 0 Å². The Labute approximate surface area is 148 Å². The maximum Gasteiger partial charge on any atom is 0.114 e. The quantitative estimate of drug-likeness (QED) is 0.590. The van der Waals surface area contributed by atoms with Crippen molar-refractivity contribution >= 4 is 0 Å². The fourth-order valence-corrected chi connectivity index (χ4v) is 3.37. The SMILES string of the molecule is C=CN(/C(=C(/C)CC)C(C)N1CCOCC1)[C@@](C)(CC)C(=C)OC. The molecule has 138 valence electrons. The highest BCUT2D eigenvalue weighted by Crippen LogP contribution is 2.35. The maximum atomic E-state index is 5.54. The highest BCUT2D eigenvalue weighted by molar-refractivity contribution is 5.26. The van der Waals surface area contributed by atoms with Gasteiger partial charge >= 0.3 is 0 Å². The van der Waals surface area contributed by atoms with Crippen molar-refractivity contribution in [3.8, 4) is 0 Å². The predicted octanol–water partition coefficient (Wildman–Crippen LogP) is 4.17. The minimum absolute atomic E-state index is 0.294. The number of hydrogen-bond acceptors (Lipinski definition) is 4. The molecule has 0 aliphatic carbocycles. The molecule has 1 heterocycles. The van der Waals surface area contributed by atoms with E-state index in [4.69, 9.17) is 9.47 Å². The number of rotatable bonds is 9. The smallest absolute Gasteiger partial charge is 0.114 e. The Balaban J connectivity index is 3.31. The Morgan fingerprint density at radius 1 is 1.38 bits per heavy atom. The molecular weight excluding hydrogens is 300 g/mol. The summed E-state index contributed by atoms with van der Waals surface area (Å²) >= 11 is 0. The molecule has 0 aromatic heterocycles. The number of nitrogens with zero attached hydrogens (tertiary/aromatic N) is 2. The number of methoxy groups -OCH3 is 1. The second kappa shape index (κ2) is 9.28. The van der Waals surface area contributed by atoms with Crippen LogP contribution in [-0.4, -0.2) is 54.8 Å². The summed E-state index contributed by atoms with van der Waals surface area (Å²) in [5.74, 6) is 0.764. The standard InChI is InChI=1S/C20H36N2O2/c1-9-16(4)19(17(5)21-12-14-24-15-13-21)22(11-3)20(7,10-2)18(6)23-8/h11,17H,3,6,9-10,12-15H2,1-2,4-5,7-8H3/b19-16-/t17?,20-/m0/s1. The van der Waals surface area contributed by atoms with E-state index in [2.05, 4.69) is 57.6 Å². The summed E-state index contributed by atoms with van der Waals surface area (Å²) < 4.78 is 11.1. The zero-order valence-electron chi connectivity index (χ0n) is 16.5. The Bertz CT molecular complexity index is 466. The fourth-order valence-electron chi connectivity index (χ4n) is 3.37. The van der Waals surface area contributed by atoms with E-state index in [-0.39, 0.29) is 5.54 Å². The Morgan fingerprint density at radius 2 is 1.96 bits per heavy atom. The van der Waals surface area contributed by atoms with Crippen molar-refractivity contribution in [3.63, 3.8) is 0 Å². The van der Waals surface area contributed by atoms with Gasteiger partial charge in [-0.25, -0.2) is 0 Å². The molecule has 1 aliphatic heterocycles. The van der Waals surface area contributed by atoms with E-state index in [0.717, 1.165) is 44.9 Å². The number of hydrogen-bond donors (Lipinski definition) is 0. The van der Waals surface area contributed by atoms with Crippen molar-refractivity contribution in [2.75, 3.05) is 33.4 Å². The van der Waals surface area contributed by atoms with Gasteiger partial charge < -0.3 is 14.4 Å². The van der Waals surface area contributed by atoms with Crippen LogP contribution in [0.3, 0.4) is 0 Å². The van der Waals surface area contributed by atoms with Crippen LogP contribution >= 0.6 is 0 Å². The summed E-state index contributed by atoms with van der Waals surface area (Å²) in [6, 6.07) is 0.294. The van der Waals surface area contributed by atoms with Crippen LogP contribution in [0.25, 0.3) is 0 Å². The van der Waals surface area contributed by atoms with Gasteiger partial charge in [0.05, 0.1) is 25.9 Å². The molecule has 0 N–H and O–H groups in total. The van der Waals surface area contributed by atoms with Crippen LogP contribution in [0.1, 0.15) is 47.5 Å². The van der Waals surface area contributed by atoms with Gasteiger partial charge in [0, 0.05) is 24.8 Å². The van der Waals surface area contributed by atoms with Gasteiger partial charge in [-0.05, 0) is 39.8 Å². The zero-order chi connectivity index (χ0) is 18.3. The van der Waals surface area contributed by atoms with Gasteiger partial charge in [-0.2, -0.15) is 0 Å². The number of allylic oxidation sites excluding steroid dienone is 1. The van der Waals surface area contributed by atoms with Crippen molar-refractivity contribution < 1.29 is 9.47 Å². The minimum atomic E-state index is -0.317. The molecule has 0 aromatic rings. The molecule has 0 amide bonds. The summed E-state index contributed by atoms with van der Waals surface area (Å²) in [6.07, 6.45) is 3.83.